The van der Waals surface area contributed by atoms with Crippen molar-refractivity contribution in [2.45, 2.75) is 50.5 Å². The second-order valence-corrected chi connectivity index (χ2v) is 6.12. The molecule has 0 aromatic carbocycles. The first kappa shape index (κ1) is 15.7. The van der Waals surface area contributed by atoms with E-state index in [0.29, 0.717) is 0 Å². The molecular formula is C15H28N2O3. The van der Waals surface area contributed by atoms with Crippen LogP contribution in [-0.4, -0.2) is 60.9 Å². The normalized spacial score (nSPS) is 22.9. The van der Waals surface area contributed by atoms with Gasteiger partial charge in [-0.05, 0) is 32.2 Å². The molecule has 1 saturated heterocycles. The summed E-state index contributed by atoms with van der Waals surface area (Å²) >= 11 is 0. The average Bonchev–Trinajstić information content (AvgIpc) is 2.86. The van der Waals surface area contributed by atoms with E-state index in [4.69, 9.17) is 4.74 Å². The fourth-order valence-corrected chi connectivity index (χ4v) is 3.08. The van der Waals surface area contributed by atoms with Crippen molar-refractivity contribution in [2.24, 2.45) is 0 Å². The lowest BCUT2D eigenvalue weighted by molar-refractivity contribution is -0.125. The predicted octanol–water partition coefficient (Wildman–Crippen LogP) is 0.910. The van der Waals surface area contributed by atoms with Crippen molar-refractivity contribution in [2.75, 3.05) is 39.4 Å². The molecule has 2 aliphatic rings. The number of rotatable bonds is 7. The summed E-state index contributed by atoms with van der Waals surface area (Å²) in [6.07, 6.45) is 6.02. The van der Waals surface area contributed by atoms with Crippen molar-refractivity contribution in [1.82, 2.24) is 10.2 Å². The highest BCUT2D eigenvalue weighted by atomic mass is 16.5. The maximum absolute atomic E-state index is 11.8. The zero-order valence-electron chi connectivity index (χ0n) is 12.4. The van der Waals surface area contributed by atoms with E-state index in [1.807, 2.05) is 0 Å². The SMILES string of the molecule is O=C(CC1(O)CCCC1)NCCCCN1CCOCC1. The van der Waals surface area contributed by atoms with Gasteiger partial charge in [-0.2, -0.15) is 0 Å². The molecule has 2 rings (SSSR count). The molecule has 20 heavy (non-hydrogen) atoms. The van der Waals surface area contributed by atoms with E-state index in [1.165, 1.54) is 0 Å². The maximum Gasteiger partial charge on any atom is 0.222 e. The summed E-state index contributed by atoms with van der Waals surface area (Å²) in [6, 6.07) is 0. The molecule has 0 radical (unpaired) electrons. The van der Waals surface area contributed by atoms with Crippen LogP contribution in [0.3, 0.4) is 0 Å². The van der Waals surface area contributed by atoms with E-state index in [1.54, 1.807) is 0 Å². The molecule has 1 aliphatic heterocycles. The fourth-order valence-electron chi connectivity index (χ4n) is 3.08. The van der Waals surface area contributed by atoms with Gasteiger partial charge in [-0.1, -0.05) is 12.8 Å². The Morgan fingerprint density at radius 3 is 2.60 bits per heavy atom. The standard InChI is InChI=1S/C15H28N2O3/c18-14(13-15(19)5-1-2-6-15)16-7-3-4-8-17-9-11-20-12-10-17/h19H,1-13H2,(H,16,18). The third-order valence-corrected chi connectivity index (χ3v) is 4.35. The molecule has 1 amide bonds. The summed E-state index contributed by atoms with van der Waals surface area (Å²) in [5.41, 5.74) is -0.724. The van der Waals surface area contributed by atoms with Gasteiger partial charge in [0.25, 0.3) is 0 Å². The Morgan fingerprint density at radius 1 is 1.20 bits per heavy atom. The molecule has 0 unspecified atom stereocenters. The van der Waals surface area contributed by atoms with Crippen LogP contribution in [0.25, 0.3) is 0 Å². The number of amides is 1. The van der Waals surface area contributed by atoms with Crippen LogP contribution >= 0.6 is 0 Å². The number of aliphatic hydroxyl groups is 1. The molecule has 0 atom stereocenters. The minimum atomic E-state index is -0.724. The first-order valence-electron chi connectivity index (χ1n) is 7.97. The van der Waals surface area contributed by atoms with E-state index in [0.717, 1.165) is 77.9 Å². The van der Waals surface area contributed by atoms with Crippen LogP contribution in [0.2, 0.25) is 0 Å². The largest absolute Gasteiger partial charge is 0.389 e. The number of carbonyl (C=O) groups is 1. The summed E-state index contributed by atoms with van der Waals surface area (Å²) in [7, 11) is 0. The van der Waals surface area contributed by atoms with Crippen LogP contribution in [0, 0.1) is 0 Å². The highest BCUT2D eigenvalue weighted by molar-refractivity contribution is 5.77. The van der Waals surface area contributed by atoms with Crippen LogP contribution in [0.5, 0.6) is 0 Å². The molecule has 0 aromatic heterocycles. The number of ether oxygens (including phenoxy) is 1. The smallest absolute Gasteiger partial charge is 0.222 e. The van der Waals surface area contributed by atoms with Gasteiger partial charge in [-0.15, -0.1) is 0 Å². The molecule has 1 aliphatic carbocycles. The van der Waals surface area contributed by atoms with Crippen molar-refractivity contribution in [3.63, 3.8) is 0 Å². The fraction of sp³-hybridized carbons (Fsp3) is 0.933. The first-order valence-corrected chi connectivity index (χ1v) is 7.97. The molecule has 0 bridgehead atoms. The highest BCUT2D eigenvalue weighted by Gasteiger charge is 2.33. The first-order chi connectivity index (χ1) is 9.68. The van der Waals surface area contributed by atoms with Gasteiger partial charge >= 0.3 is 0 Å². The maximum atomic E-state index is 11.8. The number of nitrogens with zero attached hydrogens (tertiary/aromatic N) is 1. The highest BCUT2D eigenvalue weighted by Crippen LogP contribution is 2.32. The molecule has 0 aromatic rings. The van der Waals surface area contributed by atoms with Crippen molar-refractivity contribution < 1.29 is 14.6 Å². The summed E-state index contributed by atoms with van der Waals surface area (Å²) in [4.78, 5) is 14.2. The Kier molecular flexibility index (Phi) is 6.26. The van der Waals surface area contributed by atoms with Gasteiger partial charge in [0.15, 0.2) is 0 Å². The average molecular weight is 284 g/mol. The monoisotopic (exact) mass is 284 g/mol. The number of hydrogen-bond donors (Lipinski definition) is 2. The third-order valence-electron chi connectivity index (χ3n) is 4.35. The minimum absolute atomic E-state index is 0.000715. The van der Waals surface area contributed by atoms with Crippen LogP contribution in [0.1, 0.15) is 44.9 Å². The topological polar surface area (TPSA) is 61.8 Å². The molecule has 0 spiro atoms. The van der Waals surface area contributed by atoms with Gasteiger partial charge in [0, 0.05) is 19.6 Å². The van der Waals surface area contributed by atoms with Gasteiger partial charge in [-0.3, -0.25) is 9.69 Å². The molecule has 116 valence electrons. The molecule has 5 heteroatoms. The van der Waals surface area contributed by atoms with Gasteiger partial charge in [0.05, 0.1) is 25.2 Å². The van der Waals surface area contributed by atoms with Crippen LogP contribution < -0.4 is 5.32 Å². The van der Waals surface area contributed by atoms with E-state index < -0.39 is 5.60 Å². The van der Waals surface area contributed by atoms with Crippen molar-refractivity contribution >= 4 is 5.91 Å². The second kappa shape index (κ2) is 7.96. The number of nitrogens with one attached hydrogen (secondary N) is 1. The lowest BCUT2D eigenvalue weighted by atomic mass is 9.98. The molecule has 1 saturated carbocycles. The van der Waals surface area contributed by atoms with Gasteiger partial charge in [0.2, 0.25) is 5.91 Å². The van der Waals surface area contributed by atoms with Gasteiger partial charge in [-0.25, -0.2) is 0 Å². The number of carbonyl (C=O) groups excluding carboxylic acids is 1. The zero-order valence-corrected chi connectivity index (χ0v) is 12.4. The zero-order chi connectivity index (χ0) is 14.3. The number of hydrogen-bond acceptors (Lipinski definition) is 4. The van der Waals surface area contributed by atoms with Gasteiger partial charge < -0.3 is 15.2 Å². The van der Waals surface area contributed by atoms with Gasteiger partial charge in [0.1, 0.15) is 0 Å². The third kappa shape index (κ3) is 5.38. The molecule has 5 nitrogen and oxygen atoms in total. The molecule has 2 N–H and O–H groups in total. The number of morpholine rings is 1. The summed E-state index contributed by atoms with van der Waals surface area (Å²) < 4.78 is 5.31. The van der Waals surface area contributed by atoms with Crippen molar-refractivity contribution in [3.05, 3.63) is 0 Å². The number of unbranched alkanes of at least 4 members (excludes halogenated alkanes) is 1. The van der Waals surface area contributed by atoms with Crippen molar-refractivity contribution in [3.8, 4) is 0 Å². The van der Waals surface area contributed by atoms with E-state index in [-0.39, 0.29) is 12.3 Å². The van der Waals surface area contributed by atoms with E-state index in [9.17, 15) is 9.90 Å². The Morgan fingerprint density at radius 2 is 1.90 bits per heavy atom. The minimum Gasteiger partial charge on any atom is -0.389 e. The quantitative estimate of drug-likeness (QED) is 0.682. The Labute approximate surface area is 121 Å². The second-order valence-electron chi connectivity index (χ2n) is 6.12. The molecule has 2 fully saturated rings. The lowest BCUT2D eigenvalue weighted by Gasteiger charge is -2.26. The van der Waals surface area contributed by atoms with Crippen LogP contribution in [-0.2, 0) is 9.53 Å². The summed E-state index contributed by atoms with van der Waals surface area (Å²) in [6.45, 7) is 5.55. The Balaban J connectivity index is 1.49. The van der Waals surface area contributed by atoms with Crippen LogP contribution in [0.4, 0.5) is 0 Å². The Bertz CT molecular complexity index is 297. The summed E-state index contributed by atoms with van der Waals surface area (Å²) in [5, 5.41) is 13.1. The van der Waals surface area contributed by atoms with E-state index in [2.05, 4.69) is 10.2 Å². The van der Waals surface area contributed by atoms with Crippen molar-refractivity contribution in [1.29, 1.82) is 0 Å². The lowest BCUT2D eigenvalue weighted by Crippen LogP contribution is -2.37. The Hall–Kier alpha value is -0.650. The predicted molar refractivity (Wildman–Crippen MR) is 77.5 cm³/mol. The van der Waals surface area contributed by atoms with Crippen LogP contribution in [0.15, 0.2) is 0 Å². The molecular weight excluding hydrogens is 256 g/mol. The van der Waals surface area contributed by atoms with E-state index >= 15 is 0 Å². The summed E-state index contributed by atoms with van der Waals surface area (Å²) in [5.74, 6) is 0.000715. The molecule has 1 heterocycles.